The average molecular weight is 299 g/mol. The molecule has 2 aromatic rings. The molecule has 0 aliphatic carbocycles. The molecule has 1 aliphatic rings. The van der Waals surface area contributed by atoms with Gasteiger partial charge in [-0.1, -0.05) is 12.1 Å². The molecule has 0 unspecified atom stereocenters. The molecule has 4 N–H and O–H groups in total. The van der Waals surface area contributed by atoms with Crippen molar-refractivity contribution in [1.29, 1.82) is 0 Å². The summed E-state index contributed by atoms with van der Waals surface area (Å²) in [7, 11) is 0. The van der Waals surface area contributed by atoms with Crippen molar-refractivity contribution in [3.05, 3.63) is 29.3 Å². The van der Waals surface area contributed by atoms with E-state index in [4.69, 9.17) is 5.84 Å². The average Bonchev–Trinajstić information content (AvgIpc) is 2.79. The highest BCUT2D eigenvalue weighted by Crippen LogP contribution is 2.31. The zero-order valence-electron chi connectivity index (χ0n) is 12.2. The third-order valence-corrected chi connectivity index (χ3v) is 3.83. The van der Waals surface area contributed by atoms with E-state index in [0.29, 0.717) is 24.9 Å². The monoisotopic (exact) mass is 299 g/mol. The second-order valence-electron chi connectivity index (χ2n) is 5.09. The maximum absolute atomic E-state index is 11.2. The van der Waals surface area contributed by atoms with Crippen molar-refractivity contribution >= 4 is 28.7 Å². The molecule has 1 aliphatic heterocycles. The predicted octanol–water partition coefficient (Wildman–Crippen LogP) is 1.27. The predicted molar refractivity (Wildman–Crippen MR) is 85.0 cm³/mol. The van der Waals surface area contributed by atoms with E-state index in [1.165, 1.54) is 6.21 Å². The summed E-state index contributed by atoms with van der Waals surface area (Å²) in [5.74, 6) is 5.29. The van der Waals surface area contributed by atoms with Gasteiger partial charge in [0.25, 0.3) is 0 Å². The number of hydrogen-bond donors (Lipinski definition) is 3. The summed E-state index contributed by atoms with van der Waals surface area (Å²) in [6.45, 7) is 2.57. The van der Waals surface area contributed by atoms with Crippen LogP contribution in [-0.2, 0) is 11.3 Å². The normalized spacial score (nSPS) is 15.3. The maximum Gasteiger partial charge on any atom is 0.240 e. The Kier molecular flexibility index (Phi) is 3.54. The molecule has 1 aromatic heterocycles. The molecule has 1 amide bonds. The molecular weight excluding hydrogens is 282 g/mol. The highest BCUT2D eigenvalue weighted by atomic mass is 16.3. The van der Waals surface area contributed by atoms with Crippen molar-refractivity contribution in [2.45, 2.75) is 26.3 Å². The van der Waals surface area contributed by atoms with Gasteiger partial charge in [0.05, 0.1) is 23.0 Å². The van der Waals surface area contributed by atoms with E-state index in [1.807, 2.05) is 25.1 Å². The molecule has 114 valence electrons. The molecule has 0 fully saturated rings. The summed E-state index contributed by atoms with van der Waals surface area (Å²) < 4.78 is 1.79. The summed E-state index contributed by atoms with van der Waals surface area (Å²) >= 11 is 0. The Balaban J connectivity index is 2.16. The molecule has 0 bridgehead atoms. The minimum atomic E-state index is -0.0687. The largest absolute Gasteiger partial charge is 0.494 e. The quantitative estimate of drug-likeness (QED) is 0.451. The lowest BCUT2D eigenvalue weighted by Gasteiger charge is -2.12. The van der Waals surface area contributed by atoms with Gasteiger partial charge in [-0.3, -0.25) is 4.79 Å². The molecule has 7 nitrogen and oxygen atoms in total. The lowest BCUT2D eigenvalue weighted by molar-refractivity contribution is -0.121. The second kappa shape index (κ2) is 5.51. The van der Waals surface area contributed by atoms with Gasteiger partial charge in [-0.15, -0.1) is 0 Å². The SMILES string of the molecule is CCn1c(O)c(C=NN)c2ccc(C3=NNC(=O)CC3)cc21. The Morgan fingerprint density at radius 2 is 2.32 bits per heavy atom. The van der Waals surface area contributed by atoms with E-state index < -0.39 is 0 Å². The number of rotatable bonds is 3. The van der Waals surface area contributed by atoms with Gasteiger partial charge in [-0.2, -0.15) is 10.2 Å². The number of aromatic nitrogens is 1. The van der Waals surface area contributed by atoms with Crippen LogP contribution in [0.4, 0.5) is 0 Å². The molecule has 0 saturated heterocycles. The van der Waals surface area contributed by atoms with Crippen LogP contribution in [0.1, 0.15) is 30.9 Å². The topological polar surface area (TPSA) is 105 Å². The number of hydrazone groups is 2. The number of carbonyl (C=O) groups excluding carboxylic acids is 1. The van der Waals surface area contributed by atoms with E-state index >= 15 is 0 Å². The lowest BCUT2D eigenvalue weighted by atomic mass is 10.0. The van der Waals surface area contributed by atoms with Crippen LogP contribution in [-0.4, -0.2) is 27.5 Å². The molecule has 0 atom stereocenters. The Labute approximate surface area is 127 Å². The molecule has 0 spiro atoms. The van der Waals surface area contributed by atoms with Crippen LogP contribution >= 0.6 is 0 Å². The summed E-state index contributed by atoms with van der Waals surface area (Å²) in [6, 6.07) is 5.79. The van der Waals surface area contributed by atoms with Crippen molar-refractivity contribution in [3.8, 4) is 5.88 Å². The Bertz CT molecular complexity index is 804. The standard InChI is InChI=1S/C15H17N5O2/c1-2-20-13-7-9(12-5-6-14(21)19-18-12)3-4-10(13)11(8-17-16)15(20)22/h3-4,7-8,22H,2,5-6,16H2,1H3,(H,19,21). The first-order valence-corrected chi connectivity index (χ1v) is 7.10. The molecule has 0 radical (unpaired) electrons. The van der Waals surface area contributed by atoms with Gasteiger partial charge in [0, 0.05) is 24.8 Å². The number of fused-ring (bicyclic) bond motifs is 1. The number of amides is 1. The number of nitrogens with two attached hydrogens (primary N) is 1. The summed E-state index contributed by atoms with van der Waals surface area (Å²) in [5.41, 5.74) is 5.74. The highest BCUT2D eigenvalue weighted by Gasteiger charge is 2.18. The first-order valence-electron chi connectivity index (χ1n) is 7.10. The molecule has 3 rings (SSSR count). The third-order valence-electron chi connectivity index (χ3n) is 3.83. The van der Waals surface area contributed by atoms with Gasteiger partial charge >= 0.3 is 0 Å². The molecule has 22 heavy (non-hydrogen) atoms. The van der Waals surface area contributed by atoms with Crippen LogP contribution in [0.2, 0.25) is 0 Å². The fourth-order valence-corrected chi connectivity index (χ4v) is 2.75. The first-order chi connectivity index (χ1) is 10.7. The van der Waals surface area contributed by atoms with E-state index in [0.717, 1.165) is 22.2 Å². The zero-order chi connectivity index (χ0) is 15.7. The van der Waals surface area contributed by atoms with Crippen LogP contribution in [0.15, 0.2) is 28.4 Å². The Morgan fingerprint density at radius 1 is 1.50 bits per heavy atom. The number of nitrogens with zero attached hydrogens (tertiary/aromatic N) is 3. The number of aromatic hydroxyl groups is 1. The van der Waals surface area contributed by atoms with Crippen molar-refractivity contribution in [3.63, 3.8) is 0 Å². The van der Waals surface area contributed by atoms with Gasteiger partial charge in [0.1, 0.15) is 0 Å². The van der Waals surface area contributed by atoms with Gasteiger partial charge in [0.2, 0.25) is 11.8 Å². The summed E-state index contributed by atoms with van der Waals surface area (Å²) in [4.78, 5) is 11.2. The number of hydrogen-bond acceptors (Lipinski definition) is 5. The molecular formula is C15H17N5O2. The van der Waals surface area contributed by atoms with Gasteiger partial charge in [0.15, 0.2) is 0 Å². The van der Waals surface area contributed by atoms with E-state index in [-0.39, 0.29) is 11.8 Å². The van der Waals surface area contributed by atoms with Crippen molar-refractivity contribution in [2.75, 3.05) is 0 Å². The summed E-state index contributed by atoms with van der Waals surface area (Å²) in [5, 5.41) is 18.8. The van der Waals surface area contributed by atoms with Crippen molar-refractivity contribution < 1.29 is 9.90 Å². The highest BCUT2D eigenvalue weighted by molar-refractivity contribution is 6.08. The lowest BCUT2D eigenvalue weighted by Crippen LogP contribution is -2.25. The zero-order valence-corrected chi connectivity index (χ0v) is 12.2. The van der Waals surface area contributed by atoms with Crippen LogP contribution in [0, 0.1) is 0 Å². The maximum atomic E-state index is 11.2. The molecule has 1 aromatic carbocycles. The smallest absolute Gasteiger partial charge is 0.240 e. The number of nitrogens with one attached hydrogen (secondary N) is 1. The minimum Gasteiger partial charge on any atom is -0.494 e. The minimum absolute atomic E-state index is 0.0687. The fraction of sp³-hybridized carbons (Fsp3) is 0.267. The number of carbonyl (C=O) groups is 1. The first kappa shape index (κ1) is 14.1. The molecule has 7 heteroatoms. The van der Waals surface area contributed by atoms with Gasteiger partial charge < -0.3 is 15.5 Å². The number of benzene rings is 1. The van der Waals surface area contributed by atoms with Gasteiger partial charge in [-0.25, -0.2) is 5.43 Å². The van der Waals surface area contributed by atoms with Crippen molar-refractivity contribution in [1.82, 2.24) is 9.99 Å². The van der Waals surface area contributed by atoms with Crippen LogP contribution in [0.25, 0.3) is 10.9 Å². The van der Waals surface area contributed by atoms with Gasteiger partial charge in [-0.05, 0) is 18.6 Å². The van der Waals surface area contributed by atoms with Crippen LogP contribution in [0.3, 0.4) is 0 Å². The molecule has 0 saturated carbocycles. The van der Waals surface area contributed by atoms with E-state index in [9.17, 15) is 9.90 Å². The third kappa shape index (κ3) is 2.20. The number of aryl methyl sites for hydroxylation is 1. The van der Waals surface area contributed by atoms with Crippen LogP contribution < -0.4 is 11.3 Å². The Morgan fingerprint density at radius 3 is 2.95 bits per heavy atom. The van der Waals surface area contributed by atoms with E-state index in [2.05, 4.69) is 15.6 Å². The molecule has 2 heterocycles. The van der Waals surface area contributed by atoms with E-state index in [1.54, 1.807) is 4.57 Å². The summed E-state index contributed by atoms with van der Waals surface area (Å²) in [6.07, 6.45) is 2.48. The van der Waals surface area contributed by atoms with Crippen LogP contribution in [0.5, 0.6) is 5.88 Å². The second-order valence-corrected chi connectivity index (χ2v) is 5.09. The van der Waals surface area contributed by atoms with Crippen molar-refractivity contribution in [2.24, 2.45) is 16.0 Å². The fourth-order valence-electron chi connectivity index (χ4n) is 2.75. The Hall–Kier alpha value is -2.83.